The van der Waals surface area contributed by atoms with Gasteiger partial charge in [0.1, 0.15) is 0 Å². The van der Waals surface area contributed by atoms with Crippen LogP contribution in [0.25, 0.3) is 11.2 Å². The van der Waals surface area contributed by atoms with Crippen molar-refractivity contribution in [2.24, 2.45) is 0 Å². The topological polar surface area (TPSA) is 70.1 Å². The van der Waals surface area contributed by atoms with Gasteiger partial charge in [0.15, 0.2) is 17.0 Å². The van der Waals surface area contributed by atoms with Gasteiger partial charge in [-0.15, -0.1) is 0 Å². The maximum absolute atomic E-state index is 4.85. The molecule has 2 fully saturated rings. The number of hydrogen-bond acceptors (Lipinski definition) is 8. The van der Waals surface area contributed by atoms with Crippen molar-refractivity contribution in [3.63, 3.8) is 0 Å². The van der Waals surface area contributed by atoms with Crippen LogP contribution >= 0.6 is 11.8 Å². The molecule has 0 amide bonds. The molecule has 7 nitrogen and oxygen atoms in total. The summed E-state index contributed by atoms with van der Waals surface area (Å²) in [6.45, 7) is 5.82. The van der Waals surface area contributed by atoms with Crippen LogP contribution in [0.4, 0.5) is 11.8 Å². The second-order valence-electron chi connectivity index (χ2n) is 5.41. The highest BCUT2D eigenvalue weighted by Gasteiger charge is 2.21. The summed E-state index contributed by atoms with van der Waals surface area (Å²) in [7, 11) is 0. The molecule has 2 aliphatic heterocycles. The van der Waals surface area contributed by atoms with Crippen LogP contribution < -0.4 is 15.1 Å². The molecule has 2 aromatic heterocycles. The van der Waals surface area contributed by atoms with Crippen molar-refractivity contribution in [3.05, 3.63) is 12.4 Å². The van der Waals surface area contributed by atoms with Crippen LogP contribution in [0.15, 0.2) is 12.4 Å². The molecule has 0 radical (unpaired) electrons. The van der Waals surface area contributed by atoms with Gasteiger partial charge in [0.2, 0.25) is 5.95 Å². The van der Waals surface area contributed by atoms with Gasteiger partial charge in [0.05, 0.1) is 0 Å². The molecule has 4 rings (SSSR count). The summed E-state index contributed by atoms with van der Waals surface area (Å²) in [5.74, 6) is 3.98. The van der Waals surface area contributed by atoms with Crippen molar-refractivity contribution in [3.8, 4) is 0 Å². The number of nitrogens with zero attached hydrogens (tertiary/aromatic N) is 6. The van der Waals surface area contributed by atoms with E-state index in [0.29, 0.717) is 5.65 Å². The van der Waals surface area contributed by atoms with Gasteiger partial charge in [-0.05, 0) is 0 Å². The van der Waals surface area contributed by atoms with E-state index in [4.69, 9.17) is 4.98 Å². The Balaban J connectivity index is 1.78. The van der Waals surface area contributed by atoms with E-state index in [1.54, 1.807) is 12.4 Å². The fraction of sp³-hybridized carbons (Fsp3) is 0.571. The highest BCUT2D eigenvalue weighted by molar-refractivity contribution is 7.99. The number of rotatable bonds is 2. The van der Waals surface area contributed by atoms with Crippen molar-refractivity contribution in [1.82, 2.24) is 25.3 Å². The largest absolute Gasteiger partial charge is 0.353 e. The summed E-state index contributed by atoms with van der Waals surface area (Å²) in [6, 6.07) is 0. The molecule has 22 heavy (non-hydrogen) atoms. The van der Waals surface area contributed by atoms with E-state index < -0.39 is 0 Å². The lowest BCUT2D eigenvalue weighted by atomic mass is 10.3. The zero-order chi connectivity index (χ0) is 14.8. The van der Waals surface area contributed by atoms with Crippen LogP contribution in [0.3, 0.4) is 0 Å². The molecule has 0 aliphatic carbocycles. The molecule has 0 unspecified atom stereocenters. The van der Waals surface area contributed by atoms with Gasteiger partial charge >= 0.3 is 0 Å². The van der Waals surface area contributed by atoms with Crippen LogP contribution in [-0.2, 0) is 0 Å². The summed E-state index contributed by atoms with van der Waals surface area (Å²) >= 11 is 1.99. The number of piperazine rings is 1. The van der Waals surface area contributed by atoms with Crippen molar-refractivity contribution in [2.45, 2.75) is 0 Å². The second kappa shape index (κ2) is 6.21. The maximum Gasteiger partial charge on any atom is 0.229 e. The first-order valence-electron chi connectivity index (χ1n) is 7.69. The summed E-state index contributed by atoms with van der Waals surface area (Å²) < 4.78 is 0. The van der Waals surface area contributed by atoms with E-state index in [1.807, 2.05) is 11.8 Å². The van der Waals surface area contributed by atoms with E-state index >= 15 is 0 Å². The molecule has 2 saturated heterocycles. The Labute approximate surface area is 133 Å². The molecule has 116 valence electrons. The number of anilines is 2. The molecule has 0 aromatic carbocycles. The van der Waals surface area contributed by atoms with Gasteiger partial charge < -0.3 is 15.1 Å². The fourth-order valence-corrected chi connectivity index (χ4v) is 3.74. The van der Waals surface area contributed by atoms with E-state index in [1.165, 1.54) is 0 Å². The Bertz CT molecular complexity index is 653. The van der Waals surface area contributed by atoms with E-state index in [2.05, 4.69) is 30.1 Å². The van der Waals surface area contributed by atoms with E-state index in [0.717, 1.165) is 68.1 Å². The van der Waals surface area contributed by atoms with Crippen molar-refractivity contribution < 1.29 is 0 Å². The molecule has 4 heterocycles. The summed E-state index contributed by atoms with van der Waals surface area (Å²) in [4.78, 5) is 22.9. The van der Waals surface area contributed by atoms with Crippen LogP contribution in [0.5, 0.6) is 0 Å². The van der Waals surface area contributed by atoms with Gasteiger partial charge in [-0.2, -0.15) is 21.7 Å². The van der Waals surface area contributed by atoms with Crippen LogP contribution in [0, 0.1) is 0 Å². The monoisotopic (exact) mass is 317 g/mol. The zero-order valence-electron chi connectivity index (χ0n) is 12.4. The summed E-state index contributed by atoms with van der Waals surface area (Å²) in [5, 5.41) is 3.36. The van der Waals surface area contributed by atoms with Crippen LogP contribution in [0.1, 0.15) is 0 Å². The highest BCUT2D eigenvalue weighted by atomic mass is 32.2. The number of aromatic nitrogens is 4. The van der Waals surface area contributed by atoms with Gasteiger partial charge in [-0.25, -0.2) is 9.97 Å². The smallest absolute Gasteiger partial charge is 0.229 e. The van der Waals surface area contributed by atoms with Crippen molar-refractivity contribution in [2.75, 3.05) is 60.6 Å². The SMILES string of the molecule is c1cnc2c(N3CCSCC3)nc(N3CCNCC3)nc2n1. The Kier molecular flexibility index (Phi) is 3.94. The quantitative estimate of drug-likeness (QED) is 0.853. The molecule has 2 aromatic rings. The third-order valence-corrected chi connectivity index (χ3v) is 4.96. The molecule has 2 aliphatic rings. The van der Waals surface area contributed by atoms with Crippen molar-refractivity contribution in [1.29, 1.82) is 0 Å². The van der Waals surface area contributed by atoms with Gasteiger partial charge in [0, 0.05) is 63.2 Å². The van der Waals surface area contributed by atoms with Crippen molar-refractivity contribution >= 4 is 34.7 Å². The third-order valence-electron chi connectivity index (χ3n) is 4.01. The zero-order valence-corrected chi connectivity index (χ0v) is 13.2. The summed E-state index contributed by atoms with van der Waals surface area (Å²) in [5.41, 5.74) is 1.51. The molecule has 0 atom stereocenters. The van der Waals surface area contributed by atoms with E-state index in [-0.39, 0.29) is 0 Å². The Morgan fingerprint density at radius 1 is 0.909 bits per heavy atom. The summed E-state index contributed by atoms with van der Waals surface area (Å²) in [6.07, 6.45) is 3.42. The van der Waals surface area contributed by atoms with Crippen LogP contribution in [-0.4, -0.2) is 70.7 Å². The Morgan fingerprint density at radius 2 is 1.68 bits per heavy atom. The molecule has 0 saturated carbocycles. The fourth-order valence-electron chi connectivity index (χ4n) is 2.84. The minimum absolute atomic E-state index is 0.694. The number of thioether (sulfide) groups is 1. The molecule has 0 spiro atoms. The number of nitrogens with one attached hydrogen (secondary N) is 1. The first-order chi connectivity index (χ1) is 10.9. The third kappa shape index (κ3) is 2.68. The highest BCUT2D eigenvalue weighted by Crippen LogP contribution is 2.26. The lowest BCUT2D eigenvalue weighted by Gasteiger charge is -2.31. The first-order valence-corrected chi connectivity index (χ1v) is 8.84. The van der Waals surface area contributed by atoms with Crippen LogP contribution in [0.2, 0.25) is 0 Å². The van der Waals surface area contributed by atoms with Gasteiger partial charge in [-0.3, -0.25) is 0 Å². The second-order valence-corrected chi connectivity index (χ2v) is 6.64. The average molecular weight is 317 g/mol. The predicted octanol–water partition coefficient (Wildman–Crippen LogP) is 0.383. The van der Waals surface area contributed by atoms with Gasteiger partial charge in [0.25, 0.3) is 0 Å². The lowest BCUT2D eigenvalue weighted by molar-refractivity contribution is 0.580. The average Bonchev–Trinajstić information content (AvgIpc) is 2.62. The van der Waals surface area contributed by atoms with Gasteiger partial charge in [-0.1, -0.05) is 0 Å². The minimum atomic E-state index is 0.694. The first kappa shape index (κ1) is 14.0. The predicted molar refractivity (Wildman–Crippen MR) is 89.7 cm³/mol. The normalized spacial score (nSPS) is 19.6. The lowest BCUT2D eigenvalue weighted by Crippen LogP contribution is -2.44. The van der Waals surface area contributed by atoms with E-state index in [9.17, 15) is 0 Å². The Hall–Kier alpha value is -1.67. The molecular formula is C14H19N7S. The maximum atomic E-state index is 4.85. The Morgan fingerprint density at radius 3 is 2.50 bits per heavy atom. The molecule has 0 bridgehead atoms. The number of fused-ring (bicyclic) bond motifs is 1. The molecular weight excluding hydrogens is 298 g/mol. The minimum Gasteiger partial charge on any atom is -0.353 e. The molecule has 8 heteroatoms. The number of hydrogen-bond donors (Lipinski definition) is 1. The standard InChI is InChI=1S/C14H19N7S/c1-2-17-12-11(16-1)13(20-7-9-22-10-8-20)19-14(18-12)21-5-3-15-4-6-21/h1-2,15H,3-10H2. The molecule has 1 N–H and O–H groups in total.